The zero-order chi connectivity index (χ0) is 43.3. The van der Waals surface area contributed by atoms with Gasteiger partial charge in [-0.3, -0.25) is 14.4 Å². The van der Waals surface area contributed by atoms with Crippen molar-refractivity contribution in [2.75, 3.05) is 13.2 Å². The van der Waals surface area contributed by atoms with E-state index in [0.29, 0.717) is 46.3 Å². The van der Waals surface area contributed by atoms with Crippen molar-refractivity contribution in [1.82, 2.24) is 10.6 Å². The minimum absolute atomic E-state index is 0.0257. The van der Waals surface area contributed by atoms with Crippen molar-refractivity contribution in [2.45, 2.75) is 39.5 Å². The Morgan fingerprint density at radius 2 is 1.00 bits per heavy atom. The van der Waals surface area contributed by atoms with E-state index in [4.69, 9.17) is 0 Å². The van der Waals surface area contributed by atoms with Gasteiger partial charge >= 0.3 is 0 Å². The maximum absolute atomic E-state index is 17.0. The highest BCUT2D eigenvalue weighted by Gasteiger charge is 2.58. The molecule has 8 rings (SSSR count). The lowest BCUT2D eigenvalue weighted by Crippen LogP contribution is -2.52. The highest BCUT2D eigenvalue weighted by molar-refractivity contribution is 6.21. The molecule has 0 radical (unpaired) electrons. The van der Waals surface area contributed by atoms with Crippen molar-refractivity contribution in [3.8, 4) is 0 Å². The Morgan fingerprint density at radius 1 is 0.581 bits per heavy atom. The summed E-state index contributed by atoms with van der Waals surface area (Å²) in [6, 6.07) is 34.1. The van der Waals surface area contributed by atoms with Crippen LogP contribution in [-0.2, 0) is 4.79 Å². The van der Waals surface area contributed by atoms with E-state index in [0.717, 1.165) is 33.4 Å². The van der Waals surface area contributed by atoms with E-state index in [9.17, 15) is 10.2 Å². The number of carbonyl (C=O) groups is 3. The molecule has 4 aliphatic rings. The molecule has 2 heterocycles. The molecule has 0 amide bonds. The summed E-state index contributed by atoms with van der Waals surface area (Å²) in [5.74, 6) is -2.06. The molecule has 2 aliphatic heterocycles. The van der Waals surface area contributed by atoms with Gasteiger partial charge in [0.1, 0.15) is 0 Å². The van der Waals surface area contributed by atoms with Crippen LogP contribution in [0.4, 0.5) is 0 Å². The number of aliphatic hydroxyl groups is 2. The lowest BCUT2D eigenvalue weighted by atomic mass is 9.51. The van der Waals surface area contributed by atoms with Crippen LogP contribution in [0.2, 0.25) is 0 Å². The third-order valence-corrected chi connectivity index (χ3v) is 12.7. The van der Waals surface area contributed by atoms with E-state index in [1.54, 1.807) is 24.3 Å². The van der Waals surface area contributed by atoms with Gasteiger partial charge in [0.05, 0.1) is 10.8 Å². The highest BCUT2D eigenvalue weighted by Crippen LogP contribution is 2.58. The van der Waals surface area contributed by atoms with Crippen molar-refractivity contribution < 1.29 is 24.6 Å². The van der Waals surface area contributed by atoms with E-state index in [1.807, 2.05) is 160 Å². The van der Waals surface area contributed by atoms with Crippen LogP contribution >= 0.6 is 0 Å². The number of hydrogen-bond acceptors (Lipinski definition) is 7. The molecular formula is C55H52N2O5. The number of Topliss-reactive ketones (excluding diaryl/α,β-unsaturated/α-hetero) is 3. The number of carbonyl (C=O) groups excluding carboxylic acids is 3. The highest BCUT2D eigenvalue weighted by atomic mass is 16.3. The Kier molecular flexibility index (Phi) is 12.3. The molecule has 4 N–H and O–H groups in total. The number of aliphatic hydroxyl groups excluding tert-OH is 2. The Hall–Kier alpha value is -6.67. The third kappa shape index (κ3) is 7.97. The molecule has 0 saturated carbocycles. The van der Waals surface area contributed by atoms with E-state index in [2.05, 4.69) is 10.6 Å². The number of aryl methyl sites for hydroxylation is 2. The zero-order valence-corrected chi connectivity index (χ0v) is 35.2. The number of rotatable bonds is 14. The number of allylic oxidation sites excluding steroid dienone is 12. The average molecular weight is 821 g/mol. The molecule has 4 atom stereocenters. The Morgan fingerprint density at radius 3 is 1.35 bits per heavy atom. The SMILES string of the molecule is Cc1cccc(C2=CC(C3=CNC=CC3)C(CCO)(C(=O)C3(CCO)C=C(C(=O)c4ccccc4)C(c4cccc(C)c4)=CC3C3=CNC=CC3)C=C2C(=O)c2ccccc2)c1. The summed E-state index contributed by atoms with van der Waals surface area (Å²) < 4.78 is 0. The summed E-state index contributed by atoms with van der Waals surface area (Å²) in [5, 5.41) is 29.0. The molecule has 312 valence electrons. The largest absolute Gasteiger partial charge is 0.396 e. The summed E-state index contributed by atoms with van der Waals surface area (Å²) in [6.07, 6.45) is 20.3. The summed E-state index contributed by atoms with van der Waals surface area (Å²) >= 11 is 0. The second-order valence-electron chi connectivity index (χ2n) is 16.7. The molecule has 7 heteroatoms. The van der Waals surface area contributed by atoms with Crippen molar-refractivity contribution in [2.24, 2.45) is 22.7 Å². The summed E-state index contributed by atoms with van der Waals surface area (Å²) in [4.78, 5) is 47.0. The lowest BCUT2D eigenvalue weighted by molar-refractivity contribution is -0.139. The first kappa shape index (κ1) is 42.0. The third-order valence-electron chi connectivity index (χ3n) is 12.7. The molecule has 0 spiro atoms. The van der Waals surface area contributed by atoms with E-state index in [1.165, 1.54) is 0 Å². The van der Waals surface area contributed by atoms with Crippen LogP contribution in [-0.4, -0.2) is 40.8 Å². The maximum atomic E-state index is 17.0. The Labute approximate surface area is 364 Å². The minimum Gasteiger partial charge on any atom is -0.396 e. The van der Waals surface area contributed by atoms with Gasteiger partial charge in [0, 0.05) is 59.7 Å². The standard InChI is InChI=1S/C55H52N2O5/c1-37-13-9-19-41(29-37)45-31-49(43-21-11-25-56-35-43)54(23-27-58,33-47(45)51(60)39-15-5-3-6-16-39)53(62)55(24-28-59)34-48(52(61)40-17-7-4-8-18-40)46(42-20-10-14-38(2)30-42)32-50(55)44-22-12-26-57-36-44/h3-20,25-26,29-36,49-50,56-59H,21-24,27-28H2,1-2H3. The summed E-state index contributed by atoms with van der Waals surface area (Å²) in [6.45, 7) is 3.28. The fourth-order valence-electron chi connectivity index (χ4n) is 9.82. The van der Waals surface area contributed by atoms with Crippen LogP contribution in [0.15, 0.2) is 193 Å². The maximum Gasteiger partial charge on any atom is 0.193 e. The fraction of sp³-hybridized carbons (Fsp3) is 0.218. The molecule has 0 aromatic heterocycles. The molecule has 7 nitrogen and oxygen atoms in total. The number of nitrogens with one attached hydrogen (secondary N) is 2. The van der Waals surface area contributed by atoms with Gasteiger partial charge in [0.15, 0.2) is 17.3 Å². The van der Waals surface area contributed by atoms with Crippen LogP contribution in [0.5, 0.6) is 0 Å². The van der Waals surface area contributed by atoms with Crippen molar-refractivity contribution in [3.63, 3.8) is 0 Å². The van der Waals surface area contributed by atoms with Gasteiger partial charge in [-0.25, -0.2) is 0 Å². The van der Waals surface area contributed by atoms with Crippen molar-refractivity contribution in [3.05, 3.63) is 226 Å². The second-order valence-corrected chi connectivity index (χ2v) is 16.7. The van der Waals surface area contributed by atoms with Crippen molar-refractivity contribution >= 4 is 28.5 Å². The summed E-state index contributed by atoms with van der Waals surface area (Å²) in [7, 11) is 0. The molecule has 0 bridgehead atoms. The van der Waals surface area contributed by atoms with Crippen molar-refractivity contribution in [1.29, 1.82) is 0 Å². The van der Waals surface area contributed by atoms with Gasteiger partial charge in [-0.2, -0.15) is 0 Å². The van der Waals surface area contributed by atoms with E-state index >= 15 is 14.4 Å². The number of ketones is 3. The molecule has 4 aromatic rings. The van der Waals surface area contributed by atoms with E-state index < -0.39 is 22.7 Å². The normalized spacial score (nSPS) is 23.0. The predicted molar refractivity (Wildman–Crippen MR) is 246 cm³/mol. The summed E-state index contributed by atoms with van der Waals surface area (Å²) in [5.41, 5.74) is 5.48. The topological polar surface area (TPSA) is 116 Å². The smallest absolute Gasteiger partial charge is 0.193 e. The molecule has 2 aliphatic carbocycles. The molecule has 62 heavy (non-hydrogen) atoms. The van der Waals surface area contributed by atoms with Crippen LogP contribution in [0.25, 0.3) is 11.1 Å². The monoisotopic (exact) mass is 820 g/mol. The van der Waals surface area contributed by atoms with Gasteiger partial charge in [0.25, 0.3) is 0 Å². The quantitative estimate of drug-likeness (QED) is 0.0937. The van der Waals surface area contributed by atoms with Crippen LogP contribution < -0.4 is 10.6 Å². The van der Waals surface area contributed by atoms with Gasteiger partial charge in [-0.15, -0.1) is 0 Å². The number of hydrogen-bond donors (Lipinski definition) is 4. The zero-order valence-electron chi connectivity index (χ0n) is 35.2. The first-order chi connectivity index (χ1) is 30.2. The molecule has 0 saturated heterocycles. The predicted octanol–water partition coefficient (Wildman–Crippen LogP) is 9.74. The van der Waals surface area contributed by atoms with Gasteiger partial charge in [-0.1, -0.05) is 157 Å². The number of dihydropyridines is 2. The lowest BCUT2D eigenvalue weighted by Gasteiger charge is -2.50. The fourth-order valence-corrected chi connectivity index (χ4v) is 9.82. The van der Waals surface area contributed by atoms with Gasteiger partial charge < -0.3 is 20.8 Å². The second kappa shape index (κ2) is 18.1. The molecule has 4 unspecified atom stereocenters. The Balaban J connectivity index is 1.44. The van der Waals surface area contributed by atoms with Gasteiger partial charge in [-0.05, 0) is 85.3 Å². The first-order valence-electron chi connectivity index (χ1n) is 21.4. The van der Waals surface area contributed by atoms with E-state index in [-0.39, 0.29) is 43.4 Å². The van der Waals surface area contributed by atoms with Gasteiger partial charge in [0.2, 0.25) is 0 Å². The first-order valence-corrected chi connectivity index (χ1v) is 21.4. The number of benzene rings is 4. The molecular weight excluding hydrogens is 769 g/mol. The Bertz CT molecular complexity index is 2460. The van der Waals surface area contributed by atoms with Crippen LogP contribution in [0.1, 0.15) is 68.7 Å². The molecule has 0 fully saturated rings. The minimum atomic E-state index is -1.53. The van der Waals surface area contributed by atoms with Crippen LogP contribution in [0.3, 0.4) is 0 Å². The molecule has 4 aromatic carbocycles. The van der Waals surface area contributed by atoms with Crippen LogP contribution in [0, 0.1) is 36.5 Å². The average Bonchev–Trinajstić information content (AvgIpc) is 3.31.